The quantitative estimate of drug-likeness (QED) is 0.495. The zero-order valence-electron chi connectivity index (χ0n) is 17.6. The molecule has 158 valence electrons. The summed E-state index contributed by atoms with van der Waals surface area (Å²) in [7, 11) is 0. The first-order valence-corrected chi connectivity index (χ1v) is 11.0. The number of ether oxygens (including phenoxy) is 2. The molecular formula is C25H28ClNO3. The van der Waals surface area contributed by atoms with Crippen LogP contribution in [0.4, 0.5) is 0 Å². The van der Waals surface area contributed by atoms with Crippen molar-refractivity contribution in [1.82, 2.24) is 4.98 Å². The standard InChI is InChI=1S/C25H28ClNO3/c1-16-13-18(4-6-21(16)19-9-11-29-12-10-19)15-30-20-5-8-23-22(14-20)25(26)24(27-23)7-3-17(2)28/h4-6,8,13-14,19,27H,3,7,9-12,15H2,1-2H3. The lowest BCUT2D eigenvalue weighted by atomic mass is 9.88. The van der Waals surface area contributed by atoms with Gasteiger partial charge in [-0.1, -0.05) is 29.8 Å². The van der Waals surface area contributed by atoms with Crippen molar-refractivity contribution in [3.8, 4) is 5.75 Å². The molecule has 1 N–H and O–H groups in total. The maximum Gasteiger partial charge on any atom is 0.130 e. The number of hydrogen-bond acceptors (Lipinski definition) is 3. The lowest BCUT2D eigenvalue weighted by Gasteiger charge is -2.24. The lowest BCUT2D eigenvalue weighted by molar-refractivity contribution is -0.116. The fraction of sp³-hybridized carbons (Fsp3) is 0.400. The van der Waals surface area contributed by atoms with Gasteiger partial charge in [0.15, 0.2) is 0 Å². The average molecular weight is 426 g/mol. The monoisotopic (exact) mass is 425 g/mol. The van der Waals surface area contributed by atoms with Gasteiger partial charge in [-0.15, -0.1) is 0 Å². The molecule has 30 heavy (non-hydrogen) atoms. The van der Waals surface area contributed by atoms with E-state index in [9.17, 15) is 4.79 Å². The molecule has 0 spiro atoms. The summed E-state index contributed by atoms with van der Waals surface area (Å²) in [5, 5.41) is 1.60. The number of carbonyl (C=O) groups excluding carboxylic acids is 1. The number of ketones is 1. The molecule has 1 fully saturated rings. The van der Waals surface area contributed by atoms with Gasteiger partial charge in [-0.25, -0.2) is 0 Å². The molecule has 1 saturated heterocycles. The van der Waals surface area contributed by atoms with E-state index in [1.54, 1.807) is 6.92 Å². The smallest absolute Gasteiger partial charge is 0.130 e. The number of nitrogens with one attached hydrogen (secondary N) is 1. The summed E-state index contributed by atoms with van der Waals surface area (Å²) in [6.07, 6.45) is 3.31. The predicted octanol–water partition coefficient (Wildman–Crippen LogP) is 6.12. The minimum Gasteiger partial charge on any atom is -0.489 e. The molecule has 4 rings (SSSR count). The van der Waals surface area contributed by atoms with E-state index in [0.29, 0.717) is 30.4 Å². The Bertz CT molecular complexity index is 1050. The number of aromatic amines is 1. The molecular weight excluding hydrogens is 398 g/mol. The van der Waals surface area contributed by atoms with E-state index in [-0.39, 0.29) is 5.78 Å². The second kappa shape index (κ2) is 9.23. The normalized spacial score (nSPS) is 14.9. The summed E-state index contributed by atoms with van der Waals surface area (Å²) in [6.45, 7) is 6.01. The lowest BCUT2D eigenvalue weighted by Crippen LogP contribution is -2.15. The molecule has 2 aromatic carbocycles. The summed E-state index contributed by atoms with van der Waals surface area (Å²) < 4.78 is 11.5. The topological polar surface area (TPSA) is 51.3 Å². The van der Waals surface area contributed by atoms with Crippen LogP contribution in [0.25, 0.3) is 10.9 Å². The Balaban J connectivity index is 1.44. The van der Waals surface area contributed by atoms with E-state index in [1.165, 1.54) is 11.1 Å². The SMILES string of the molecule is CC(=O)CCc1[nH]c2ccc(OCc3ccc(C4CCOCC4)c(C)c3)cc2c1Cl. The summed E-state index contributed by atoms with van der Waals surface area (Å²) in [6, 6.07) is 12.5. The molecule has 0 radical (unpaired) electrons. The molecule has 0 atom stereocenters. The number of hydrogen-bond donors (Lipinski definition) is 1. The van der Waals surface area contributed by atoms with Gasteiger partial charge in [0.05, 0.1) is 5.02 Å². The van der Waals surface area contributed by atoms with Crippen LogP contribution in [0.3, 0.4) is 0 Å². The van der Waals surface area contributed by atoms with Crippen molar-refractivity contribution < 1.29 is 14.3 Å². The van der Waals surface area contributed by atoms with E-state index in [2.05, 4.69) is 30.1 Å². The summed E-state index contributed by atoms with van der Waals surface area (Å²) in [5.74, 6) is 1.55. The highest BCUT2D eigenvalue weighted by Crippen LogP contribution is 2.32. The largest absolute Gasteiger partial charge is 0.489 e. The Morgan fingerprint density at radius 1 is 1.20 bits per heavy atom. The van der Waals surface area contributed by atoms with Crippen LogP contribution in [0.2, 0.25) is 5.02 Å². The van der Waals surface area contributed by atoms with E-state index < -0.39 is 0 Å². The number of Topliss-reactive ketones (excluding diaryl/α,β-unsaturated/α-hetero) is 1. The predicted molar refractivity (Wildman–Crippen MR) is 121 cm³/mol. The average Bonchev–Trinajstić information content (AvgIpc) is 3.06. The van der Waals surface area contributed by atoms with Crippen LogP contribution in [0, 0.1) is 6.92 Å². The van der Waals surface area contributed by atoms with E-state index in [1.807, 2.05) is 18.2 Å². The maximum absolute atomic E-state index is 11.3. The second-order valence-corrected chi connectivity index (χ2v) is 8.57. The second-order valence-electron chi connectivity index (χ2n) is 8.19. The molecule has 2 heterocycles. The van der Waals surface area contributed by atoms with E-state index >= 15 is 0 Å². The Hall–Kier alpha value is -2.30. The molecule has 0 unspecified atom stereocenters. The molecule has 1 aromatic heterocycles. The molecule has 1 aliphatic heterocycles. The molecule has 0 aliphatic carbocycles. The molecule has 3 aromatic rings. The van der Waals surface area contributed by atoms with E-state index in [4.69, 9.17) is 21.1 Å². The van der Waals surface area contributed by atoms with Crippen molar-refractivity contribution >= 4 is 28.3 Å². The van der Waals surface area contributed by atoms with Crippen molar-refractivity contribution in [2.45, 2.75) is 52.1 Å². The molecule has 1 aliphatic rings. The van der Waals surface area contributed by atoms with Crippen molar-refractivity contribution in [3.05, 3.63) is 63.8 Å². The number of H-pyrrole nitrogens is 1. The minimum absolute atomic E-state index is 0.159. The van der Waals surface area contributed by atoms with Gasteiger partial charge in [-0.3, -0.25) is 0 Å². The Labute approximate surface area is 182 Å². The Morgan fingerprint density at radius 2 is 2.00 bits per heavy atom. The van der Waals surface area contributed by atoms with Gasteiger partial charge in [0.2, 0.25) is 0 Å². The molecule has 5 heteroatoms. The number of aromatic nitrogens is 1. The van der Waals surface area contributed by atoms with E-state index in [0.717, 1.165) is 54.0 Å². The van der Waals surface area contributed by atoms with Gasteiger partial charge in [0, 0.05) is 36.2 Å². The highest BCUT2D eigenvalue weighted by atomic mass is 35.5. The van der Waals surface area contributed by atoms with Crippen LogP contribution in [0.1, 0.15) is 54.5 Å². The summed E-state index contributed by atoms with van der Waals surface area (Å²) in [5.41, 5.74) is 5.77. The number of halogens is 1. The van der Waals surface area contributed by atoms with Crippen molar-refractivity contribution in [3.63, 3.8) is 0 Å². The van der Waals surface area contributed by atoms with Crippen LogP contribution in [-0.2, 0) is 22.6 Å². The fourth-order valence-corrected chi connectivity index (χ4v) is 4.52. The third-order valence-electron chi connectivity index (χ3n) is 5.91. The molecule has 0 saturated carbocycles. The highest BCUT2D eigenvalue weighted by molar-refractivity contribution is 6.36. The molecule has 4 nitrogen and oxygen atoms in total. The number of fused-ring (bicyclic) bond motifs is 1. The third kappa shape index (κ3) is 4.71. The zero-order valence-corrected chi connectivity index (χ0v) is 18.3. The van der Waals surface area contributed by atoms with Crippen LogP contribution < -0.4 is 4.74 Å². The maximum atomic E-state index is 11.3. The van der Waals surface area contributed by atoms with Crippen molar-refractivity contribution in [1.29, 1.82) is 0 Å². The van der Waals surface area contributed by atoms with Crippen LogP contribution >= 0.6 is 11.6 Å². The Kier molecular flexibility index (Phi) is 6.45. The number of carbonyl (C=O) groups is 1. The van der Waals surface area contributed by atoms with Crippen molar-refractivity contribution in [2.24, 2.45) is 0 Å². The Morgan fingerprint density at radius 3 is 2.73 bits per heavy atom. The molecule has 0 bridgehead atoms. The first-order chi connectivity index (χ1) is 14.5. The summed E-state index contributed by atoms with van der Waals surface area (Å²) in [4.78, 5) is 14.6. The van der Waals surface area contributed by atoms with Gasteiger partial charge in [-0.2, -0.15) is 0 Å². The number of benzene rings is 2. The van der Waals surface area contributed by atoms with Gasteiger partial charge in [0.25, 0.3) is 0 Å². The summed E-state index contributed by atoms with van der Waals surface area (Å²) >= 11 is 6.53. The molecule has 0 amide bonds. The number of rotatable bonds is 7. The van der Waals surface area contributed by atoms with Crippen LogP contribution in [0.5, 0.6) is 5.75 Å². The highest BCUT2D eigenvalue weighted by Gasteiger charge is 2.18. The first-order valence-electron chi connectivity index (χ1n) is 10.6. The van der Waals surface area contributed by atoms with Gasteiger partial charge < -0.3 is 19.3 Å². The fourth-order valence-electron chi connectivity index (χ4n) is 4.22. The van der Waals surface area contributed by atoms with Gasteiger partial charge in [-0.05, 0) is 73.9 Å². The minimum atomic E-state index is 0.159. The van der Waals surface area contributed by atoms with Gasteiger partial charge >= 0.3 is 0 Å². The zero-order chi connectivity index (χ0) is 21.1. The van der Waals surface area contributed by atoms with Crippen LogP contribution in [-0.4, -0.2) is 24.0 Å². The first kappa shape index (κ1) is 21.0. The van der Waals surface area contributed by atoms with Crippen LogP contribution in [0.15, 0.2) is 36.4 Å². The third-order valence-corrected chi connectivity index (χ3v) is 6.34. The van der Waals surface area contributed by atoms with Crippen molar-refractivity contribution in [2.75, 3.05) is 13.2 Å². The van der Waals surface area contributed by atoms with Gasteiger partial charge in [0.1, 0.15) is 18.1 Å². The number of aryl methyl sites for hydroxylation is 2.